The van der Waals surface area contributed by atoms with Crippen LogP contribution < -0.4 is 4.90 Å². The van der Waals surface area contributed by atoms with Crippen molar-refractivity contribution in [2.24, 2.45) is 5.92 Å². The van der Waals surface area contributed by atoms with E-state index in [9.17, 15) is 4.79 Å². The van der Waals surface area contributed by atoms with Gasteiger partial charge in [-0.1, -0.05) is 36.3 Å². The van der Waals surface area contributed by atoms with E-state index >= 15 is 0 Å². The average Bonchev–Trinajstić information content (AvgIpc) is 3.52. The van der Waals surface area contributed by atoms with Crippen LogP contribution in [0.3, 0.4) is 0 Å². The molecule has 32 heavy (non-hydrogen) atoms. The molecule has 0 amide bonds. The van der Waals surface area contributed by atoms with Gasteiger partial charge < -0.3 is 10.0 Å². The van der Waals surface area contributed by atoms with E-state index in [1.807, 2.05) is 0 Å². The quantitative estimate of drug-likeness (QED) is 0.579. The third-order valence-electron chi connectivity index (χ3n) is 6.65. The number of aromatic nitrogens is 2. The van der Waals surface area contributed by atoms with Crippen molar-refractivity contribution in [1.82, 2.24) is 15.1 Å². The Morgan fingerprint density at radius 3 is 2.00 bits per heavy atom. The maximum absolute atomic E-state index is 11.0. The number of benzene rings is 2. The van der Waals surface area contributed by atoms with Crippen molar-refractivity contribution < 1.29 is 9.90 Å². The number of hydrogen-bond acceptors (Lipinski definition) is 6. The Labute approximate surface area is 192 Å². The molecule has 2 fully saturated rings. The molecule has 2 aromatic carbocycles. The second kappa shape index (κ2) is 9.38. The summed E-state index contributed by atoms with van der Waals surface area (Å²) in [6, 6.07) is 15.4. The van der Waals surface area contributed by atoms with Crippen LogP contribution in [0.2, 0.25) is 0 Å². The van der Waals surface area contributed by atoms with Crippen molar-refractivity contribution in [2.45, 2.75) is 25.7 Å². The van der Waals surface area contributed by atoms with E-state index in [0.717, 1.165) is 53.2 Å². The monoisotopic (exact) mass is 448 g/mol. The summed E-state index contributed by atoms with van der Waals surface area (Å²) in [7, 11) is 0. The lowest BCUT2D eigenvalue weighted by molar-refractivity contribution is 0.0697. The molecule has 1 saturated heterocycles. The molecule has 1 saturated carbocycles. The maximum Gasteiger partial charge on any atom is 0.335 e. The lowest BCUT2D eigenvalue weighted by Crippen LogP contribution is -2.47. The topological polar surface area (TPSA) is 69.6 Å². The molecule has 1 aliphatic heterocycles. The smallest absolute Gasteiger partial charge is 0.335 e. The molecular weight excluding hydrogens is 420 g/mol. The van der Waals surface area contributed by atoms with Gasteiger partial charge in [0, 0.05) is 49.5 Å². The van der Waals surface area contributed by atoms with E-state index in [0.29, 0.717) is 0 Å². The summed E-state index contributed by atoms with van der Waals surface area (Å²) in [5.74, 6) is -0.00226. The fraction of sp³-hybridized carbons (Fsp3) is 0.400. The van der Waals surface area contributed by atoms with Gasteiger partial charge in [0.1, 0.15) is 10.0 Å². The largest absolute Gasteiger partial charge is 0.478 e. The first-order valence-corrected chi connectivity index (χ1v) is 12.2. The van der Waals surface area contributed by atoms with E-state index in [1.165, 1.54) is 49.3 Å². The fourth-order valence-electron chi connectivity index (χ4n) is 4.77. The number of carbonyl (C=O) groups is 1. The molecule has 0 bridgehead atoms. The second-order valence-corrected chi connectivity index (χ2v) is 9.76. The highest BCUT2D eigenvalue weighted by Gasteiger charge is 2.22. The van der Waals surface area contributed by atoms with Gasteiger partial charge in [0.2, 0.25) is 0 Å². The summed E-state index contributed by atoms with van der Waals surface area (Å²) in [6.45, 7) is 5.76. The molecule has 0 unspecified atom stereocenters. The number of rotatable bonds is 6. The van der Waals surface area contributed by atoms with E-state index in [1.54, 1.807) is 24.3 Å². The van der Waals surface area contributed by atoms with Crippen LogP contribution in [-0.2, 0) is 0 Å². The number of carboxylic acids is 1. The molecule has 2 heterocycles. The van der Waals surface area contributed by atoms with Crippen molar-refractivity contribution in [2.75, 3.05) is 37.6 Å². The lowest BCUT2D eigenvalue weighted by atomic mass is 10.1. The summed E-state index contributed by atoms with van der Waals surface area (Å²) in [5.41, 5.74) is 3.47. The predicted molar refractivity (Wildman–Crippen MR) is 128 cm³/mol. The number of hydrogen-bond donors (Lipinski definition) is 1. The molecule has 1 N–H and O–H groups in total. The van der Waals surface area contributed by atoms with Gasteiger partial charge in [0.15, 0.2) is 0 Å². The third kappa shape index (κ3) is 4.69. The summed E-state index contributed by atoms with van der Waals surface area (Å²) in [5, 5.41) is 19.4. The van der Waals surface area contributed by atoms with E-state index in [2.05, 4.69) is 44.3 Å². The fourth-order valence-corrected chi connectivity index (χ4v) is 5.63. The Balaban J connectivity index is 1.20. The molecule has 3 aromatic rings. The van der Waals surface area contributed by atoms with Gasteiger partial charge in [-0.25, -0.2) is 4.79 Å². The summed E-state index contributed by atoms with van der Waals surface area (Å²) < 4.78 is 0. The number of nitrogens with zero attached hydrogens (tertiary/aromatic N) is 4. The molecule has 1 aromatic heterocycles. The molecule has 0 atom stereocenters. The Bertz CT molecular complexity index is 1050. The summed E-state index contributed by atoms with van der Waals surface area (Å²) in [6.07, 6.45) is 5.68. The van der Waals surface area contributed by atoms with E-state index in [4.69, 9.17) is 5.11 Å². The van der Waals surface area contributed by atoms with Gasteiger partial charge in [-0.15, -0.1) is 10.2 Å². The van der Waals surface area contributed by atoms with Gasteiger partial charge in [-0.3, -0.25) is 4.90 Å². The van der Waals surface area contributed by atoms with Gasteiger partial charge >= 0.3 is 5.97 Å². The Morgan fingerprint density at radius 1 is 0.875 bits per heavy atom. The SMILES string of the molecule is O=C(O)c1ccc(-c2nnc(-c3ccc(N4CCN(CC5CCCC5)CC4)cc3)s2)cc1. The van der Waals surface area contributed by atoms with Crippen molar-refractivity contribution in [3.8, 4) is 21.1 Å². The molecule has 0 spiro atoms. The number of anilines is 1. The van der Waals surface area contributed by atoms with Crippen LogP contribution in [0.15, 0.2) is 48.5 Å². The van der Waals surface area contributed by atoms with Crippen LogP contribution in [-0.4, -0.2) is 58.9 Å². The van der Waals surface area contributed by atoms with Crippen LogP contribution in [0.1, 0.15) is 36.0 Å². The van der Waals surface area contributed by atoms with Crippen LogP contribution in [0.25, 0.3) is 21.1 Å². The van der Waals surface area contributed by atoms with Crippen LogP contribution >= 0.6 is 11.3 Å². The minimum Gasteiger partial charge on any atom is -0.478 e. The Kier molecular flexibility index (Phi) is 6.19. The Hall–Kier alpha value is -2.77. The molecule has 6 nitrogen and oxygen atoms in total. The molecule has 1 aliphatic carbocycles. The zero-order valence-electron chi connectivity index (χ0n) is 18.1. The highest BCUT2D eigenvalue weighted by Crippen LogP contribution is 2.31. The first-order valence-electron chi connectivity index (χ1n) is 11.4. The first-order chi connectivity index (χ1) is 15.7. The Morgan fingerprint density at radius 2 is 1.44 bits per heavy atom. The zero-order valence-corrected chi connectivity index (χ0v) is 18.9. The highest BCUT2D eigenvalue weighted by molar-refractivity contribution is 7.17. The molecule has 0 radical (unpaired) electrons. The third-order valence-corrected chi connectivity index (χ3v) is 7.67. The van der Waals surface area contributed by atoms with Crippen molar-refractivity contribution in [3.05, 3.63) is 54.1 Å². The van der Waals surface area contributed by atoms with Crippen LogP contribution in [0, 0.1) is 5.92 Å². The average molecular weight is 449 g/mol. The van der Waals surface area contributed by atoms with E-state index in [-0.39, 0.29) is 5.56 Å². The lowest BCUT2D eigenvalue weighted by Gasteiger charge is -2.37. The summed E-state index contributed by atoms with van der Waals surface area (Å²) in [4.78, 5) is 16.2. The second-order valence-electron chi connectivity index (χ2n) is 8.78. The summed E-state index contributed by atoms with van der Waals surface area (Å²) >= 11 is 1.52. The van der Waals surface area contributed by atoms with Gasteiger partial charge in [-0.2, -0.15) is 0 Å². The van der Waals surface area contributed by atoms with Gasteiger partial charge in [0.05, 0.1) is 5.56 Å². The van der Waals surface area contributed by atoms with E-state index < -0.39 is 5.97 Å². The molecular formula is C25H28N4O2S. The number of aromatic carboxylic acids is 1. The predicted octanol–water partition coefficient (Wildman–Crippen LogP) is 4.88. The molecule has 2 aliphatic rings. The van der Waals surface area contributed by atoms with Crippen LogP contribution in [0.5, 0.6) is 0 Å². The van der Waals surface area contributed by atoms with Gasteiger partial charge in [-0.05, 0) is 55.2 Å². The zero-order chi connectivity index (χ0) is 21.9. The van der Waals surface area contributed by atoms with Gasteiger partial charge in [0.25, 0.3) is 0 Å². The highest BCUT2D eigenvalue weighted by atomic mass is 32.1. The normalized spacial score (nSPS) is 17.7. The van der Waals surface area contributed by atoms with Crippen molar-refractivity contribution in [3.63, 3.8) is 0 Å². The first kappa shape index (κ1) is 21.1. The number of piperazine rings is 1. The van der Waals surface area contributed by atoms with Crippen LogP contribution in [0.4, 0.5) is 5.69 Å². The minimum atomic E-state index is -0.926. The van der Waals surface area contributed by atoms with Crippen molar-refractivity contribution >= 4 is 23.0 Å². The molecule has 166 valence electrons. The molecule has 5 rings (SSSR count). The molecule has 7 heteroatoms. The van der Waals surface area contributed by atoms with Crippen molar-refractivity contribution in [1.29, 1.82) is 0 Å². The number of carboxylic acid groups (broad SMARTS) is 1. The maximum atomic E-state index is 11.0. The standard InChI is InChI=1S/C25H28N4O2S/c30-25(31)21-7-5-19(6-8-21)23-26-27-24(32-23)20-9-11-22(12-10-20)29-15-13-28(14-16-29)17-18-3-1-2-4-18/h5-12,18H,1-4,13-17H2,(H,30,31). The minimum absolute atomic E-state index is 0.272.